The summed E-state index contributed by atoms with van der Waals surface area (Å²) in [6, 6.07) is 0. The van der Waals surface area contributed by atoms with E-state index in [1.807, 2.05) is 6.92 Å². The van der Waals surface area contributed by atoms with Crippen molar-refractivity contribution in [3.8, 4) is 0 Å². The molecule has 0 radical (unpaired) electrons. The van der Waals surface area contributed by atoms with E-state index in [4.69, 9.17) is 9.47 Å². The van der Waals surface area contributed by atoms with E-state index in [0.29, 0.717) is 13.0 Å². The molecule has 0 spiro atoms. The predicted molar refractivity (Wildman–Crippen MR) is 51.7 cm³/mol. The minimum atomic E-state index is -0.395. The average molecular weight is 202 g/mol. The molecule has 14 heavy (non-hydrogen) atoms. The Kier molecular flexibility index (Phi) is 6.80. The van der Waals surface area contributed by atoms with Crippen LogP contribution in [0.2, 0.25) is 0 Å². The molecule has 0 aromatic carbocycles. The highest BCUT2D eigenvalue weighted by Gasteiger charge is 2.13. The van der Waals surface area contributed by atoms with Crippen molar-refractivity contribution in [3.05, 3.63) is 0 Å². The van der Waals surface area contributed by atoms with Crippen molar-refractivity contribution in [2.75, 3.05) is 6.61 Å². The minimum Gasteiger partial charge on any atom is -0.466 e. The molecule has 82 valence electrons. The van der Waals surface area contributed by atoms with Crippen LogP contribution in [0.5, 0.6) is 0 Å². The molecule has 4 nitrogen and oxygen atoms in total. The maximum Gasteiger partial charge on any atom is 0.309 e. The van der Waals surface area contributed by atoms with Crippen LogP contribution in [-0.4, -0.2) is 24.6 Å². The van der Waals surface area contributed by atoms with E-state index in [9.17, 15) is 9.59 Å². The van der Waals surface area contributed by atoms with Crippen LogP contribution in [0.3, 0.4) is 0 Å². The number of hydrogen-bond acceptors (Lipinski definition) is 4. The van der Waals surface area contributed by atoms with Gasteiger partial charge in [0.15, 0.2) is 0 Å². The quantitative estimate of drug-likeness (QED) is 0.615. The topological polar surface area (TPSA) is 52.6 Å². The second kappa shape index (κ2) is 7.35. The van der Waals surface area contributed by atoms with Gasteiger partial charge in [-0.2, -0.15) is 0 Å². The lowest BCUT2D eigenvalue weighted by molar-refractivity contribution is -0.153. The summed E-state index contributed by atoms with van der Waals surface area (Å²) in [5, 5.41) is 0. The Balaban J connectivity index is 3.68. The van der Waals surface area contributed by atoms with Gasteiger partial charge in [0.05, 0.1) is 13.0 Å². The van der Waals surface area contributed by atoms with Gasteiger partial charge in [0.25, 0.3) is 0 Å². The Morgan fingerprint density at radius 2 is 1.86 bits per heavy atom. The molecule has 0 aliphatic heterocycles. The Morgan fingerprint density at radius 3 is 2.36 bits per heavy atom. The zero-order chi connectivity index (χ0) is 11.0. The molecule has 1 atom stereocenters. The maximum atomic E-state index is 11.0. The molecule has 0 aromatic rings. The molecule has 0 saturated carbocycles. The minimum absolute atomic E-state index is 0.128. The zero-order valence-corrected chi connectivity index (χ0v) is 9.04. The SMILES string of the molecule is CCCC(=O)O[C@H](C)CC(=O)OCC. The van der Waals surface area contributed by atoms with Crippen molar-refractivity contribution in [1.82, 2.24) is 0 Å². The highest BCUT2D eigenvalue weighted by Crippen LogP contribution is 2.02. The average Bonchev–Trinajstić information content (AvgIpc) is 2.03. The first-order chi connectivity index (χ1) is 6.60. The van der Waals surface area contributed by atoms with Gasteiger partial charge in [0.1, 0.15) is 6.10 Å². The monoisotopic (exact) mass is 202 g/mol. The molecule has 0 aliphatic rings. The largest absolute Gasteiger partial charge is 0.466 e. The second-order valence-electron chi connectivity index (χ2n) is 3.06. The van der Waals surface area contributed by atoms with Crippen LogP contribution in [0.1, 0.15) is 40.0 Å². The third-order valence-electron chi connectivity index (χ3n) is 1.55. The first-order valence-corrected chi connectivity index (χ1v) is 4.95. The Labute approximate surface area is 84.6 Å². The highest BCUT2D eigenvalue weighted by atomic mass is 16.6. The van der Waals surface area contributed by atoms with E-state index in [1.165, 1.54) is 0 Å². The van der Waals surface area contributed by atoms with Crippen LogP contribution < -0.4 is 0 Å². The lowest BCUT2D eigenvalue weighted by Crippen LogP contribution is -2.19. The van der Waals surface area contributed by atoms with Crippen LogP contribution in [-0.2, 0) is 19.1 Å². The van der Waals surface area contributed by atoms with E-state index in [2.05, 4.69) is 0 Å². The number of carbonyl (C=O) groups excluding carboxylic acids is 2. The fraction of sp³-hybridized carbons (Fsp3) is 0.800. The number of hydrogen-bond donors (Lipinski definition) is 0. The van der Waals surface area contributed by atoms with E-state index in [-0.39, 0.29) is 18.4 Å². The molecular weight excluding hydrogens is 184 g/mol. The van der Waals surface area contributed by atoms with Gasteiger partial charge >= 0.3 is 11.9 Å². The molecular formula is C10H18O4. The molecule has 0 fully saturated rings. The Bertz CT molecular complexity index is 169. The third-order valence-corrected chi connectivity index (χ3v) is 1.55. The number of esters is 2. The van der Waals surface area contributed by atoms with Crippen molar-refractivity contribution in [2.24, 2.45) is 0 Å². The van der Waals surface area contributed by atoms with Crippen molar-refractivity contribution in [1.29, 1.82) is 0 Å². The summed E-state index contributed by atoms with van der Waals surface area (Å²) in [6.07, 6.45) is 0.884. The summed E-state index contributed by atoms with van der Waals surface area (Å²) in [5.74, 6) is -0.589. The molecule has 0 unspecified atom stereocenters. The van der Waals surface area contributed by atoms with Crippen LogP contribution in [0, 0.1) is 0 Å². The summed E-state index contributed by atoms with van der Waals surface area (Å²) in [7, 11) is 0. The molecule has 0 aliphatic carbocycles. The summed E-state index contributed by atoms with van der Waals surface area (Å²) in [5.41, 5.74) is 0. The normalized spacial score (nSPS) is 11.9. The molecule has 0 amide bonds. The molecule has 0 bridgehead atoms. The first-order valence-electron chi connectivity index (χ1n) is 4.95. The molecule has 0 rings (SSSR count). The molecule has 0 saturated heterocycles. The Hall–Kier alpha value is -1.06. The third kappa shape index (κ3) is 6.46. The van der Waals surface area contributed by atoms with Crippen molar-refractivity contribution >= 4 is 11.9 Å². The second-order valence-corrected chi connectivity index (χ2v) is 3.06. The maximum absolute atomic E-state index is 11.0. The van der Waals surface area contributed by atoms with E-state index in [0.717, 1.165) is 6.42 Å². The molecule has 0 N–H and O–H groups in total. The van der Waals surface area contributed by atoms with Gasteiger partial charge in [0.2, 0.25) is 0 Å². The standard InChI is InChI=1S/C10H18O4/c1-4-6-9(11)14-8(3)7-10(12)13-5-2/h8H,4-7H2,1-3H3/t8-/m1/s1. The molecule has 0 aromatic heterocycles. The van der Waals surface area contributed by atoms with Crippen molar-refractivity contribution in [2.45, 2.75) is 46.1 Å². The lowest BCUT2D eigenvalue weighted by atomic mass is 10.3. The van der Waals surface area contributed by atoms with E-state index >= 15 is 0 Å². The summed E-state index contributed by atoms with van der Waals surface area (Å²) in [6.45, 7) is 5.68. The van der Waals surface area contributed by atoms with E-state index < -0.39 is 6.10 Å². The van der Waals surface area contributed by atoms with Crippen LogP contribution in [0.15, 0.2) is 0 Å². The number of rotatable bonds is 6. The molecule has 4 heteroatoms. The lowest BCUT2D eigenvalue weighted by Gasteiger charge is -2.11. The number of ether oxygens (including phenoxy) is 2. The van der Waals surface area contributed by atoms with Gasteiger partial charge in [-0.15, -0.1) is 0 Å². The van der Waals surface area contributed by atoms with Gasteiger partial charge in [-0.25, -0.2) is 0 Å². The predicted octanol–water partition coefficient (Wildman–Crippen LogP) is 1.67. The summed E-state index contributed by atoms with van der Waals surface area (Å²) in [4.78, 5) is 22.0. The van der Waals surface area contributed by atoms with Gasteiger partial charge in [-0.1, -0.05) is 6.92 Å². The summed E-state index contributed by atoms with van der Waals surface area (Å²) >= 11 is 0. The van der Waals surface area contributed by atoms with Gasteiger partial charge in [-0.05, 0) is 20.3 Å². The fourth-order valence-electron chi connectivity index (χ4n) is 0.984. The van der Waals surface area contributed by atoms with Crippen LogP contribution >= 0.6 is 0 Å². The first kappa shape index (κ1) is 12.9. The van der Waals surface area contributed by atoms with Crippen LogP contribution in [0.25, 0.3) is 0 Å². The van der Waals surface area contributed by atoms with E-state index in [1.54, 1.807) is 13.8 Å². The van der Waals surface area contributed by atoms with Crippen LogP contribution in [0.4, 0.5) is 0 Å². The summed E-state index contributed by atoms with van der Waals surface area (Å²) < 4.78 is 9.69. The van der Waals surface area contributed by atoms with Gasteiger partial charge in [-0.3, -0.25) is 9.59 Å². The zero-order valence-electron chi connectivity index (χ0n) is 9.04. The van der Waals surface area contributed by atoms with Crippen molar-refractivity contribution in [3.63, 3.8) is 0 Å². The van der Waals surface area contributed by atoms with Crippen molar-refractivity contribution < 1.29 is 19.1 Å². The van der Waals surface area contributed by atoms with Gasteiger partial charge < -0.3 is 9.47 Å². The fourth-order valence-corrected chi connectivity index (χ4v) is 0.984. The molecule has 0 heterocycles. The number of carbonyl (C=O) groups is 2. The van der Waals surface area contributed by atoms with Gasteiger partial charge in [0, 0.05) is 6.42 Å². The highest BCUT2D eigenvalue weighted by molar-refractivity contribution is 5.72. The smallest absolute Gasteiger partial charge is 0.309 e. The Morgan fingerprint density at radius 1 is 1.21 bits per heavy atom.